The first kappa shape index (κ1) is 21.7. The van der Waals surface area contributed by atoms with E-state index in [4.69, 9.17) is 4.74 Å². The van der Waals surface area contributed by atoms with Crippen LogP contribution in [-0.2, 0) is 14.8 Å². The highest BCUT2D eigenvalue weighted by atomic mass is 32.2. The van der Waals surface area contributed by atoms with Crippen molar-refractivity contribution < 1.29 is 22.9 Å². The maximum atomic E-state index is 12.8. The highest BCUT2D eigenvalue weighted by Gasteiger charge is 2.32. The van der Waals surface area contributed by atoms with Crippen LogP contribution in [0.3, 0.4) is 0 Å². The zero-order valence-corrected chi connectivity index (χ0v) is 17.5. The van der Waals surface area contributed by atoms with Crippen molar-refractivity contribution in [3.63, 3.8) is 0 Å². The van der Waals surface area contributed by atoms with Gasteiger partial charge >= 0.3 is 0 Å². The Kier molecular flexibility index (Phi) is 6.37. The molecule has 1 N–H and O–H groups in total. The molecule has 0 unspecified atom stereocenters. The van der Waals surface area contributed by atoms with Gasteiger partial charge in [0.2, 0.25) is 15.9 Å². The summed E-state index contributed by atoms with van der Waals surface area (Å²) in [6, 6.07) is 10.7. The van der Waals surface area contributed by atoms with Crippen LogP contribution in [0, 0.1) is 23.0 Å². The second-order valence-electron chi connectivity index (χ2n) is 7.05. The Bertz CT molecular complexity index is 1040. The van der Waals surface area contributed by atoms with E-state index in [0.29, 0.717) is 29.8 Å². The quantitative estimate of drug-likeness (QED) is 0.553. The highest BCUT2D eigenvalue weighted by molar-refractivity contribution is 7.89. The largest absolute Gasteiger partial charge is 0.497 e. The first-order valence-electron chi connectivity index (χ1n) is 9.43. The molecule has 160 valence electrons. The number of nitrogens with one attached hydrogen (secondary N) is 1. The Hall–Kier alpha value is -2.98. The normalized spacial score (nSPS) is 15.5. The number of sulfonamides is 1. The average molecular weight is 433 g/mol. The average Bonchev–Trinajstić information content (AvgIpc) is 2.75. The maximum absolute atomic E-state index is 12.8. The van der Waals surface area contributed by atoms with Gasteiger partial charge in [0.15, 0.2) is 0 Å². The Morgan fingerprint density at radius 1 is 1.17 bits per heavy atom. The molecule has 0 radical (unpaired) electrons. The minimum atomic E-state index is -3.65. The van der Waals surface area contributed by atoms with Crippen molar-refractivity contribution in [1.82, 2.24) is 4.31 Å². The van der Waals surface area contributed by atoms with Crippen LogP contribution in [0.5, 0.6) is 5.75 Å². The number of nitro benzene ring substituents is 1. The fraction of sp³-hybridized carbons (Fsp3) is 0.350. The number of benzene rings is 2. The lowest BCUT2D eigenvalue weighted by Crippen LogP contribution is -2.41. The highest BCUT2D eigenvalue weighted by Crippen LogP contribution is 2.28. The predicted molar refractivity (Wildman–Crippen MR) is 111 cm³/mol. The van der Waals surface area contributed by atoms with Gasteiger partial charge in [0.1, 0.15) is 5.75 Å². The van der Waals surface area contributed by atoms with E-state index in [9.17, 15) is 23.3 Å². The topological polar surface area (TPSA) is 119 Å². The molecule has 0 aliphatic carbocycles. The number of nitrogens with zero attached hydrogens (tertiary/aromatic N) is 2. The molecule has 2 aromatic carbocycles. The zero-order chi connectivity index (χ0) is 21.9. The monoisotopic (exact) mass is 433 g/mol. The molecule has 0 atom stereocenters. The molecule has 10 heteroatoms. The molecule has 0 saturated carbocycles. The number of ether oxygens (including phenoxy) is 1. The fourth-order valence-corrected chi connectivity index (χ4v) is 4.92. The molecule has 0 bridgehead atoms. The van der Waals surface area contributed by atoms with Gasteiger partial charge in [0, 0.05) is 25.1 Å². The minimum Gasteiger partial charge on any atom is -0.497 e. The standard InChI is InChI=1S/C20H23N3O6S/c1-14-18(4-3-5-19(14)23(25)26)21-20(24)15-10-12-22(13-11-15)30(27,28)17-8-6-16(29-2)7-9-17/h3-9,15H,10-13H2,1-2H3,(H,21,24). The maximum Gasteiger partial charge on any atom is 0.274 e. The van der Waals surface area contributed by atoms with Crippen LogP contribution in [0.2, 0.25) is 0 Å². The van der Waals surface area contributed by atoms with E-state index in [1.807, 2.05) is 0 Å². The summed E-state index contributed by atoms with van der Waals surface area (Å²) in [6.45, 7) is 2.03. The SMILES string of the molecule is COc1ccc(S(=O)(=O)N2CCC(C(=O)Nc3cccc([N+](=O)[O-])c3C)CC2)cc1. The molecule has 3 rings (SSSR count). The van der Waals surface area contributed by atoms with Gasteiger partial charge in [0.05, 0.1) is 28.2 Å². The van der Waals surface area contributed by atoms with E-state index >= 15 is 0 Å². The van der Waals surface area contributed by atoms with E-state index in [1.54, 1.807) is 25.1 Å². The molecule has 9 nitrogen and oxygen atoms in total. The van der Waals surface area contributed by atoms with Crippen molar-refractivity contribution in [1.29, 1.82) is 0 Å². The molecule has 1 aliphatic rings. The number of nitro groups is 1. The van der Waals surface area contributed by atoms with E-state index in [0.717, 1.165) is 0 Å². The summed E-state index contributed by atoms with van der Waals surface area (Å²) in [4.78, 5) is 23.4. The lowest BCUT2D eigenvalue weighted by molar-refractivity contribution is -0.385. The van der Waals surface area contributed by atoms with Gasteiger partial charge in [-0.15, -0.1) is 0 Å². The van der Waals surface area contributed by atoms with Gasteiger partial charge in [-0.25, -0.2) is 8.42 Å². The van der Waals surface area contributed by atoms with Crippen molar-refractivity contribution in [3.8, 4) is 5.75 Å². The van der Waals surface area contributed by atoms with Gasteiger partial charge < -0.3 is 10.1 Å². The third-order valence-corrected chi connectivity index (χ3v) is 7.19. The number of methoxy groups -OCH3 is 1. The van der Waals surface area contributed by atoms with E-state index in [-0.39, 0.29) is 35.5 Å². The molecule has 1 fully saturated rings. The van der Waals surface area contributed by atoms with Crippen LogP contribution in [0.15, 0.2) is 47.4 Å². The Morgan fingerprint density at radius 2 is 1.80 bits per heavy atom. The number of amides is 1. The summed E-state index contributed by atoms with van der Waals surface area (Å²) in [6.07, 6.45) is 0.740. The number of anilines is 1. The summed E-state index contributed by atoms with van der Waals surface area (Å²) in [5, 5.41) is 13.8. The molecule has 1 amide bonds. The Labute approximate surface area is 174 Å². The third-order valence-electron chi connectivity index (χ3n) is 5.28. The summed E-state index contributed by atoms with van der Waals surface area (Å²) in [7, 11) is -2.14. The summed E-state index contributed by atoms with van der Waals surface area (Å²) >= 11 is 0. The lowest BCUT2D eigenvalue weighted by Gasteiger charge is -2.30. The number of carbonyl (C=O) groups excluding carboxylic acids is 1. The first-order chi connectivity index (χ1) is 14.2. The van der Waals surface area contributed by atoms with Crippen molar-refractivity contribution >= 4 is 27.3 Å². The molecule has 1 heterocycles. The van der Waals surface area contributed by atoms with Crippen molar-refractivity contribution in [2.24, 2.45) is 5.92 Å². The molecule has 0 aromatic heterocycles. The van der Waals surface area contributed by atoms with Crippen molar-refractivity contribution in [2.75, 3.05) is 25.5 Å². The molecule has 1 saturated heterocycles. The third kappa shape index (κ3) is 4.44. The number of carbonyl (C=O) groups is 1. The van der Waals surface area contributed by atoms with Crippen molar-refractivity contribution in [3.05, 3.63) is 58.1 Å². The van der Waals surface area contributed by atoms with Crippen LogP contribution < -0.4 is 10.1 Å². The van der Waals surface area contributed by atoms with Crippen LogP contribution in [0.25, 0.3) is 0 Å². The van der Waals surface area contributed by atoms with Crippen LogP contribution in [0.1, 0.15) is 18.4 Å². The lowest BCUT2D eigenvalue weighted by atomic mass is 9.97. The van der Waals surface area contributed by atoms with E-state index in [2.05, 4.69) is 5.32 Å². The van der Waals surface area contributed by atoms with Crippen LogP contribution in [-0.4, -0.2) is 43.8 Å². The van der Waals surface area contributed by atoms with Gasteiger partial charge in [0.25, 0.3) is 5.69 Å². The molecule has 2 aromatic rings. The van der Waals surface area contributed by atoms with E-state index < -0.39 is 14.9 Å². The van der Waals surface area contributed by atoms with E-state index in [1.165, 1.54) is 35.7 Å². The van der Waals surface area contributed by atoms with Crippen LogP contribution in [0.4, 0.5) is 11.4 Å². The predicted octanol–water partition coefficient (Wildman–Crippen LogP) is 2.95. The van der Waals surface area contributed by atoms with Gasteiger partial charge in [-0.2, -0.15) is 4.31 Å². The summed E-state index contributed by atoms with van der Waals surface area (Å²) < 4.78 is 32.1. The van der Waals surface area contributed by atoms with Crippen molar-refractivity contribution in [2.45, 2.75) is 24.7 Å². The second-order valence-corrected chi connectivity index (χ2v) is 8.99. The Morgan fingerprint density at radius 3 is 2.37 bits per heavy atom. The number of piperidine rings is 1. The smallest absolute Gasteiger partial charge is 0.274 e. The molecule has 1 aliphatic heterocycles. The Balaban J connectivity index is 1.64. The fourth-order valence-electron chi connectivity index (χ4n) is 3.45. The molecular weight excluding hydrogens is 410 g/mol. The number of rotatable bonds is 6. The summed E-state index contributed by atoms with van der Waals surface area (Å²) in [5.41, 5.74) is 0.714. The van der Waals surface area contributed by atoms with Gasteiger partial charge in [-0.3, -0.25) is 14.9 Å². The minimum absolute atomic E-state index is 0.0618. The second kappa shape index (κ2) is 8.80. The number of hydrogen-bond donors (Lipinski definition) is 1. The molecular formula is C20H23N3O6S. The van der Waals surface area contributed by atoms with Gasteiger partial charge in [-0.05, 0) is 50.1 Å². The first-order valence-corrected chi connectivity index (χ1v) is 10.9. The van der Waals surface area contributed by atoms with Crippen LogP contribution >= 0.6 is 0 Å². The van der Waals surface area contributed by atoms with Gasteiger partial charge in [-0.1, -0.05) is 6.07 Å². The molecule has 0 spiro atoms. The zero-order valence-electron chi connectivity index (χ0n) is 16.7. The molecule has 30 heavy (non-hydrogen) atoms. The number of hydrogen-bond acceptors (Lipinski definition) is 6. The summed E-state index contributed by atoms with van der Waals surface area (Å²) in [5.74, 6) is -0.0631.